The molecule has 0 aliphatic carbocycles. The minimum Gasteiger partial charge on any atom is -0.385 e. The third kappa shape index (κ3) is 4.09. The molecule has 1 aromatic rings. The van der Waals surface area contributed by atoms with Crippen LogP contribution >= 0.6 is 0 Å². The third-order valence-electron chi connectivity index (χ3n) is 4.50. The van der Waals surface area contributed by atoms with E-state index in [-0.39, 0.29) is 0 Å². The smallest absolute Gasteiger partial charge is 0.0588 e. The predicted molar refractivity (Wildman–Crippen MR) is 89.2 cm³/mol. The maximum atomic E-state index is 5.28. The maximum Gasteiger partial charge on any atom is 0.0588 e. The second kappa shape index (κ2) is 7.77. The molecule has 4 heteroatoms. The average Bonchev–Trinajstić information content (AvgIpc) is 3.17. The van der Waals surface area contributed by atoms with Gasteiger partial charge in [-0.3, -0.25) is 4.90 Å². The Kier molecular flexibility index (Phi) is 5.48. The normalized spacial score (nSPS) is 22.3. The van der Waals surface area contributed by atoms with Crippen molar-refractivity contribution >= 4 is 0 Å². The van der Waals surface area contributed by atoms with Crippen LogP contribution in [0.3, 0.4) is 0 Å². The van der Waals surface area contributed by atoms with E-state index in [0.717, 1.165) is 26.1 Å². The average molecular weight is 301 g/mol. The van der Waals surface area contributed by atoms with Crippen molar-refractivity contribution in [1.82, 2.24) is 15.3 Å². The van der Waals surface area contributed by atoms with E-state index in [2.05, 4.69) is 51.9 Å². The number of nitrogens with one attached hydrogen (secondary N) is 1. The van der Waals surface area contributed by atoms with E-state index in [1.54, 1.807) is 7.11 Å². The van der Waals surface area contributed by atoms with Crippen LogP contribution in [0.5, 0.6) is 0 Å². The van der Waals surface area contributed by atoms with Gasteiger partial charge in [-0.1, -0.05) is 30.3 Å². The molecule has 0 amide bonds. The molecule has 1 fully saturated rings. The van der Waals surface area contributed by atoms with Crippen LogP contribution in [0.25, 0.3) is 0 Å². The first-order valence-corrected chi connectivity index (χ1v) is 8.34. The summed E-state index contributed by atoms with van der Waals surface area (Å²) in [5, 5.41) is 2.24. The minimum atomic E-state index is 0.407. The first-order chi connectivity index (χ1) is 10.8. The van der Waals surface area contributed by atoms with Gasteiger partial charge in [0.05, 0.1) is 12.6 Å². The number of benzene rings is 1. The number of rotatable bonds is 7. The van der Waals surface area contributed by atoms with E-state index >= 15 is 0 Å². The molecule has 0 bridgehead atoms. The number of ether oxygens (including phenoxy) is 1. The molecular weight excluding hydrogens is 274 g/mol. The molecule has 1 aromatic carbocycles. The molecule has 1 N–H and O–H groups in total. The standard InChI is InChI=1S/C18H27N3O/c1-22-12-9-18-17(14-20-10-5-6-11-20)15-21(19-18)13-16-7-3-2-4-8-16/h2-4,7-8,15,18-19H,5-6,9-14H2,1H3. The van der Waals surface area contributed by atoms with Crippen LogP contribution < -0.4 is 5.43 Å². The van der Waals surface area contributed by atoms with Gasteiger partial charge >= 0.3 is 0 Å². The molecule has 2 heterocycles. The van der Waals surface area contributed by atoms with Gasteiger partial charge in [0.25, 0.3) is 0 Å². The van der Waals surface area contributed by atoms with Gasteiger partial charge in [-0.25, -0.2) is 5.43 Å². The quantitative estimate of drug-likeness (QED) is 0.837. The molecular formula is C18H27N3O. The molecule has 3 rings (SSSR count). The van der Waals surface area contributed by atoms with Gasteiger partial charge in [-0.15, -0.1) is 0 Å². The fourth-order valence-corrected chi connectivity index (χ4v) is 3.32. The number of hydrazine groups is 1. The maximum absolute atomic E-state index is 5.28. The zero-order valence-electron chi connectivity index (χ0n) is 13.5. The fourth-order valence-electron chi connectivity index (χ4n) is 3.32. The second-order valence-corrected chi connectivity index (χ2v) is 6.26. The summed E-state index contributed by atoms with van der Waals surface area (Å²) in [4.78, 5) is 2.57. The monoisotopic (exact) mass is 301 g/mol. The van der Waals surface area contributed by atoms with Crippen molar-refractivity contribution in [3.05, 3.63) is 47.7 Å². The molecule has 0 aromatic heterocycles. The Balaban J connectivity index is 1.63. The summed E-state index contributed by atoms with van der Waals surface area (Å²) in [6, 6.07) is 11.0. The first kappa shape index (κ1) is 15.5. The Morgan fingerprint density at radius 1 is 1.14 bits per heavy atom. The highest BCUT2D eigenvalue weighted by atomic mass is 16.5. The van der Waals surface area contributed by atoms with Crippen LogP contribution in [-0.4, -0.2) is 49.3 Å². The number of hydrogen-bond acceptors (Lipinski definition) is 4. The SMILES string of the molecule is COCCC1NN(Cc2ccccc2)C=C1CN1CCCC1. The van der Waals surface area contributed by atoms with Crippen molar-refractivity contribution in [2.24, 2.45) is 0 Å². The summed E-state index contributed by atoms with van der Waals surface area (Å²) >= 11 is 0. The summed E-state index contributed by atoms with van der Waals surface area (Å²) in [7, 11) is 1.78. The first-order valence-electron chi connectivity index (χ1n) is 8.34. The Morgan fingerprint density at radius 2 is 1.91 bits per heavy atom. The lowest BCUT2D eigenvalue weighted by Crippen LogP contribution is -2.38. The Morgan fingerprint density at radius 3 is 2.64 bits per heavy atom. The van der Waals surface area contributed by atoms with Crippen molar-refractivity contribution < 1.29 is 4.74 Å². The van der Waals surface area contributed by atoms with Crippen molar-refractivity contribution in [3.63, 3.8) is 0 Å². The number of likely N-dealkylation sites (tertiary alicyclic amines) is 1. The molecule has 1 unspecified atom stereocenters. The molecule has 0 saturated carbocycles. The molecule has 1 saturated heterocycles. The third-order valence-corrected chi connectivity index (χ3v) is 4.50. The molecule has 0 spiro atoms. The Labute approximate surface area is 133 Å². The highest BCUT2D eigenvalue weighted by Crippen LogP contribution is 2.20. The van der Waals surface area contributed by atoms with Crippen LogP contribution in [0.15, 0.2) is 42.1 Å². The van der Waals surface area contributed by atoms with Gasteiger partial charge in [0, 0.05) is 26.5 Å². The molecule has 1 atom stereocenters. The van der Waals surface area contributed by atoms with Gasteiger partial charge in [-0.2, -0.15) is 0 Å². The highest BCUT2D eigenvalue weighted by molar-refractivity contribution is 5.20. The van der Waals surface area contributed by atoms with Crippen LogP contribution in [0.1, 0.15) is 24.8 Å². The van der Waals surface area contributed by atoms with E-state index in [1.807, 2.05) is 0 Å². The molecule has 2 aliphatic heterocycles. The summed E-state index contributed by atoms with van der Waals surface area (Å²) in [5.41, 5.74) is 6.46. The summed E-state index contributed by atoms with van der Waals surface area (Å²) in [5.74, 6) is 0. The van der Waals surface area contributed by atoms with Gasteiger partial charge in [0.15, 0.2) is 0 Å². The van der Waals surface area contributed by atoms with E-state index < -0.39 is 0 Å². The second-order valence-electron chi connectivity index (χ2n) is 6.26. The lowest BCUT2D eigenvalue weighted by atomic mass is 10.1. The number of nitrogens with zero attached hydrogens (tertiary/aromatic N) is 2. The largest absolute Gasteiger partial charge is 0.385 e. The lowest BCUT2D eigenvalue weighted by molar-refractivity contribution is 0.172. The van der Waals surface area contributed by atoms with Crippen LogP contribution in [0.4, 0.5) is 0 Å². The zero-order valence-corrected chi connectivity index (χ0v) is 13.5. The zero-order chi connectivity index (χ0) is 15.2. The Bertz CT molecular complexity index is 482. The van der Waals surface area contributed by atoms with Crippen molar-refractivity contribution in [2.45, 2.75) is 31.8 Å². The molecule has 120 valence electrons. The van der Waals surface area contributed by atoms with E-state index in [4.69, 9.17) is 4.74 Å². The van der Waals surface area contributed by atoms with Gasteiger partial charge in [0.2, 0.25) is 0 Å². The predicted octanol–water partition coefficient (Wildman–Crippen LogP) is 2.39. The van der Waals surface area contributed by atoms with Gasteiger partial charge < -0.3 is 9.75 Å². The van der Waals surface area contributed by atoms with Gasteiger partial charge in [0.1, 0.15) is 0 Å². The van der Waals surface area contributed by atoms with E-state index in [1.165, 1.54) is 37.1 Å². The molecule has 2 aliphatic rings. The van der Waals surface area contributed by atoms with Crippen LogP contribution in [0.2, 0.25) is 0 Å². The summed E-state index contributed by atoms with van der Waals surface area (Å²) in [6.07, 6.45) is 6.03. The lowest BCUT2D eigenvalue weighted by Gasteiger charge is -2.22. The summed E-state index contributed by atoms with van der Waals surface area (Å²) in [6.45, 7) is 5.29. The highest BCUT2D eigenvalue weighted by Gasteiger charge is 2.26. The van der Waals surface area contributed by atoms with Crippen molar-refractivity contribution in [3.8, 4) is 0 Å². The van der Waals surface area contributed by atoms with Crippen molar-refractivity contribution in [2.75, 3.05) is 33.4 Å². The molecule has 22 heavy (non-hydrogen) atoms. The van der Waals surface area contributed by atoms with Crippen LogP contribution in [0, 0.1) is 0 Å². The van der Waals surface area contributed by atoms with E-state index in [0.29, 0.717) is 6.04 Å². The summed E-state index contributed by atoms with van der Waals surface area (Å²) < 4.78 is 5.28. The minimum absolute atomic E-state index is 0.407. The molecule has 4 nitrogen and oxygen atoms in total. The topological polar surface area (TPSA) is 27.7 Å². The van der Waals surface area contributed by atoms with E-state index in [9.17, 15) is 0 Å². The molecule has 0 radical (unpaired) electrons. The van der Waals surface area contributed by atoms with Crippen LogP contribution in [-0.2, 0) is 11.3 Å². The number of methoxy groups -OCH3 is 1. The number of hydrogen-bond donors (Lipinski definition) is 1. The van der Waals surface area contributed by atoms with Crippen molar-refractivity contribution in [1.29, 1.82) is 0 Å². The Hall–Kier alpha value is -1.36. The fraction of sp³-hybridized carbons (Fsp3) is 0.556. The van der Waals surface area contributed by atoms with Gasteiger partial charge in [-0.05, 0) is 43.5 Å².